The van der Waals surface area contributed by atoms with Crippen molar-refractivity contribution in [1.29, 1.82) is 0 Å². The van der Waals surface area contributed by atoms with E-state index in [-0.39, 0.29) is 11.6 Å². The van der Waals surface area contributed by atoms with Gasteiger partial charge in [-0.05, 0) is 32.0 Å². The first kappa shape index (κ1) is 14.3. The van der Waals surface area contributed by atoms with Crippen molar-refractivity contribution < 1.29 is 8.78 Å². The van der Waals surface area contributed by atoms with Crippen LogP contribution in [0.15, 0.2) is 28.8 Å². The Morgan fingerprint density at radius 1 is 1.41 bits per heavy atom. The Morgan fingerprint density at radius 2 is 1.94 bits per heavy atom. The van der Waals surface area contributed by atoms with Crippen LogP contribution in [0.25, 0.3) is 0 Å². The van der Waals surface area contributed by atoms with E-state index in [2.05, 4.69) is 27.8 Å². The van der Waals surface area contributed by atoms with Crippen molar-refractivity contribution in [1.82, 2.24) is 5.32 Å². The van der Waals surface area contributed by atoms with Crippen LogP contribution < -0.4 is 5.32 Å². The molecule has 1 aromatic rings. The zero-order valence-electron chi connectivity index (χ0n) is 9.99. The molecule has 1 aromatic carbocycles. The fourth-order valence-electron chi connectivity index (χ4n) is 1.76. The molecule has 0 radical (unpaired) electrons. The lowest BCUT2D eigenvalue weighted by Crippen LogP contribution is -2.23. The summed E-state index contributed by atoms with van der Waals surface area (Å²) in [5.74, 6) is -1.08. The van der Waals surface area contributed by atoms with Crippen molar-refractivity contribution in [2.24, 2.45) is 0 Å². The van der Waals surface area contributed by atoms with Crippen molar-refractivity contribution >= 4 is 15.9 Å². The van der Waals surface area contributed by atoms with Gasteiger partial charge in [-0.2, -0.15) is 0 Å². The third kappa shape index (κ3) is 3.89. The highest BCUT2D eigenvalue weighted by Gasteiger charge is 2.20. The summed E-state index contributed by atoms with van der Waals surface area (Å²) in [6, 6.07) is 2.19. The molecule has 0 fully saturated rings. The molecule has 0 saturated carbocycles. The second-order valence-electron chi connectivity index (χ2n) is 4.05. The van der Waals surface area contributed by atoms with Crippen LogP contribution in [0, 0.1) is 11.6 Å². The molecule has 1 rings (SSSR count). The van der Waals surface area contributed by atoms with E-state index in [0.29, 0.717) is 17.4 Å². The number of benzene rings is 1. The summed E-state index contributed by atoms with van der Waals surface area (Å²) in [6.45, 7) is 8.18. The van der Waals surface area contributed by atoms with E-state index in [1.807, 2.05) is 13.8 Å². The predicted octanol–water partition coefficient (Wildman–Crippen LogP) is 4.34. The van der Waals surface area contributed by atoms with E-state index in [1.165, 1.54) is 12.1 Å². The highest BCUT2D eigenvalue weighted by atomic mass is 79.9. The molecule has 1 atom stereocenters. The van der Waals surface area contributed by atoms with Gasteiger partial charge in [0.1, 0.15) is 11.6 Å². The summed E-state index contributed by atoms with van der Waals surface area (Å²) in [6.07, 6.45) is 0.517. The molecule has 0 aliphatic rings. The zero-order valence-corrected chi connectivity index (χ0v) is 11.6. The van der Waals surface area contributed by atoms with Gasteiger partial charge >= 0.3 is 0 Å². The lowest BCUT2D eigenvalue weighted by atomic mass is 9.99. The molecule has 4 heteroatoms. The Hall–Kier alpha value is -0.740. The van der Waals surface area contributed by atoms with E-state index in [4.69, 9.17) is 0 Å². The molecule has 0 bridgehead atoms. The molecule has 0 amide bonds. The van der Waals surface area contributed by atoms with Gasteiger partial charge in [-0.3, -0.25) is 0 Å². The van der Waals surface area contributed by atoms with Gasteiger partial charge in [0.15, 0.2) is 0 Å². The van der Waals surface area contributed by atoms with Crippen LogP contribution in [-0.2, 0) is 0 Å². The average Bonchev–Trinajstić information content (AvgIpc) is 2.14. The van der Waals surface area contributed by atoms with Crippen LogP contribution in [0.1, 0.15) is 31.9 Å². The molecule has 0 spiro atoms. The van der Waals surface area contributed by atoms with Crippen LogP contribution in [0.4, 0.5) is 8.78 Å². The minimum absolute atomic E-state index is 0.0815. The van der Waals surface area contributed by atoms with Gasteiger partial charge in [0.2, 0.25) is 0 Å². The molecule has 0 aromatic heterocycles. The Morgan fingerprint density at radius 3 is 2.35 bits per heavy atom. The molecule has 1 nitrogen and oxygen atoms in total. The SMILES string of the molecule is C=C(C)CC(NCC)c1c(F)cc(Br)cc1F. The molecule has 1 N–H and O–H groups in total. The molecular formula is C13H16BrF2N. The Labute approximate surface area is 109 Å². The van der Waals surface area contributed by atoms with Crippen molar-refractivity contribution in [3.63, 3.8) is 0 Å². The van der Waals surface area contributed by atoms with Crippen LogP contribution in [0.3, 0.4) is 0 Å². The number of rotatable bonds is 5. The van der Waals surface area contributed by atoms with Gasteiger partial charge < -0.3 is 5.32 Å². The van der Waals surface area contributed by atoms with Crippen molar-refractivity contribution in [3.05, 3.63) is 46.0 Å². The summed E-state index contributed by atoms with van der Waals surface area (Å²) in [4.78, 5) is 0. The van der Waals surface area contributed by atoms with Gasteiger partial charge in [-0.25, -0.2) is 8.78 Å². The third-order valence-corrected chi connectivity index (χ3v) is 2.85. The summed E-state index contributed by atoms with van der Waals surface area (Å²) >= 11 is 3.07. The maximum Gasteiger partial charge on any atom is 0.132 e. The van der Waals surface area contributed by atoms with Crippen LogP contribution in [-0.4, -0.2) is 6.54 Å². The topological polar surface area (TPSA) is 12.0 Å². The molecule has 0 saturated heterocycles. The van der Waals surface area contributed by atoms with Crippen LogP contribution in [0.2, 0.25) is 0 Å². The monoisotopic (exact) mass is 303 g/mol. The van der Waals surface area contributed by atoms with Gasteiger partial charge in [-0.1, -0.05) is 28.4 Å². The standard InChI is InChI=1S/C13H16BrF2N/c1-4-17-12(5-8(2)3)13-10(15)6-9(14)7-11(13)16/h6-7,12,17H,2,4-5H2,1,3H3. The normalized spacial score (nSPS) is 12.5. The second-order valence-corrected chi connectivity index (χ2v) is 4.97. The van der Waals surface area contributed by atoms with E-state index in [0.717, 1.165) is 5.57 Å². The first-order valence-electron chi connectivity index (χ1n) is 5.48. The van der Waals surface area contributed by atoms with Crippen molar-refractivity contribution in [2.45, 2.75) is 26.3 Å². The van der Waals surface area contributed by atoms with E-state index < -0.39 is 11.6 Å². The van der Waals surface area contributed by atoms with Gasteiger partial charge in [0.25, 0.3) is 0 Å². The molecule has 0 aliphatic carbocycles. The van der Waals surface area contributed by atoms with E-state index in [1.54, 1.807) is 0 Å². The van der Waals surface area contributed by atoms with Crippen LogP contribution in [0.5, 0.6) is 0 Å². The van der Waals surface area contributed by atoms with E-state index >= 15 is 0 Å². The summed E-state index contributed by atoms with van der Waals surface area (Å²) < 4.78 is 28.0. The first-order chi connectivity index (χ1) is 7.95. The summed E-state index contributed by atoms with van der Waals surface area (Å²) in [5.41, 5.74) is 0.968. The minimum atomic E-state index is -0.538. The molecule has 1 unspecified atom stereocenters. The Bertz CT molecular complexity index is 395. The number of hydrogen-bond acceptors (Lipinski definition) is 1. The van der Waals surface area contributed by atoms with E-state index in [9.17, 15) is 8.78 Å². The number of hydrogen-bond donors (Lipinski definition) is 1. The molecule has 94 valence electrons. The van der Waals surface area contributed by atoms with Gasteiger partial charge in [0.05, 0.1) is 0 Å². The zero-order chi connectivity index (χ0) is 13.0. The lowest BCUT2D eigenvalue weighted by Gasteiger charge is -2.20. The fourth-order valence-corrected chi connectivity index (χ4v) is 2.16. The predicted molar refractivity (Wildman–Crippen MR) is 69.9 cm³/mol. The average molecular weight is 304 g/mol. The number of nitrogens with one attached hydrogen (secondary N) is 1. The minimum Gasteiger partial charge on any atom is -0.310 e. The van der Waals surface area contributed by atoms with Crippen molar-refractivity contribution in [2.75, 3.05) is 6.54 Å². The lowest BCUT2D eigenvalue weighted by molar-refractivity contribution is 0.472. The Balaban J connectivity index is 3.13. The maximum atomic E-state index is 13.8. The molecular weight excluding hydrogens is 288 g/mol. The van der Waals surface area contributed by atoms with Gasteiger partial charge in [-0.15, -0.1) is 6.58 Å². The highest BCUT2D eigenvalue weighted by Crippen LogP contribution is 2.28. The largest absolute Gasteiger partial charge is 0.310 e. The molecule has 17 heavy (non-hydrogen) atoms. The second kappa shape index (κ2) is 6.26. The quantitative estimate of drug-likeness (QED) is 0.798. The van der Waals surface area contributed by atoms with Crippen LogP contribution >= 0.6 is 15.9 Å². The third-order valence-electron chi connectivity index (χ3n) is 2.40. The Kier molecular flexibility index (Phi) is 5.28. The molecule has 0 aliphatic heterocycles. The summed E-state index contributed by atoms with van der Waals surface area (Å²) in [7, 11) is 0. The fraction of sp³-hybridized carbons (Fsp3) is 0.385. The smallest absolute Gasteiger partial charge is 0.132 e. The summed E-state index contributed by atoms with van der Waals surface area (Å²) in [5, 5.41) is 3.08. The maximum absolute atomic E-state index is 13.8. The molecule has 0 heterocycles. The first-order valence-corrected chi connectivity index (χ1v) is 6.27. The number of halogens is 3. The van der Waals surface area contributed by atoms with Gasteiger partial charge in [0, 0.05) is 16.1 Å². The highest BCUT2D eigenvalue weighted by molar-refractivity contribution is 9.10. The van der Waals surface area contributed by atoms with Crippen molar-refractivity contribution in [3.8, 4) is 0 Å².